The highest BCUT2D eigenvalue weighted by Gasteiger charge is 2.29. The summed E-state index contributed by atoms with van der Waals surface area (Å²) in [5.74, 6) is 2.33. The molecule has 2 heterocycles. The van der Waals surface area contributed by atoms with E-state index in [-0.39, 0.29) is 29.9 Å². The lowest BCUT2D eigenvalue weighted by molar-refractivity contribution is 0.0821. The lowest BCUT2D eigenvalue weighted by Gasteiger charge is -2.34. The molecule has 0 spiro atoms. The van der Waals surface area contributed by atoms with Gasteiger partial charge in [-0.15, -0.1) is 24.0 Å². The van der Waals surface area contributed by atoms with Crippen molar-refractivity contribution in [3.8, 4) is 0 Å². The maximum absolute atomic E-state index is 11.7. The Morgan fingerprint density at radius 3 is 2.36 bits per heavy atom. The first-order valence-corrected chi connectivity index (χ1v) is 12.5. The van der Waals surface area contributed by atoms with Gasteiger partial charge in [-0.3, -0.25) is 4.99 Å². The summed E-state index contributed by atoms with van der Waals surface area (Å²) in [5, 5.41) is 7.12. The van der Waals surface area contributed by atoms with Crippen molar-refractivity contribution >= 4 is 39.8 Å². The van der Waals surface area contributed by atoms with Crippen molar-refractivity contribution < 1.29 is 13.2 Å². The predicted octanol–water partition coefficient (Wildman–Crippen LogP) is 2.97. The summed E-state index contributed by atoms with van der Waals surface area (Å²) in [6.45, 7) is 7.87. The largest absolute Gasteiger partial charge is 0.381 e. The lowest BCUT2D eigenvalue weighted by atomic mass is 9.73. The number of aliphatic imine (C=N–C) groups is 1. The molecule has 1 unspecified atom stereocenters. The molecule has 3 rings (SSSR count). The number of halogens is 1. The van der Waals surface area contributed by atoms with E-state index in [9.17, 15) is 8.42 Å². The first-order chi connectivity index (χ1) is 12.8. The van der Waals surface area contributed by atoms with Crippen LogP contribution in [0.1, 0.15) is 58.8 Å². The molecule has 3 fully saturated rings. The minimum absolute atomic E-state index is 0. The number of nitrogens with one attached hydrogen (secondary N) is 2. The Morgan fingerprint density at radius 1 is 1.07 bits per heavy atom. The van der Waals surface area contributed by atoms with E-state index in [1.165, 1.54) is 25.7 Å². The number of ether oxygens (including phenoxy) is 1. The fourth-order valence-corrected chi connectivity index (χ4v) is 6.18. The maximum Gasteiger partial charge on any atom is 0.191 e. The molecule has 2 aliphatic heterocycles. The van der Waals surface area contributed by atoms with Crippen LogP contribution < -0.4 is 10.6 Å². The van der Waals surface area contributed by atoms with Crippen LogP contribution in [-0.2, 0) is 14.6 Å². The van der Waals surface area contributed by atoms with Crippen LogP contribution in [0.15, 0.2) is 4.99 Å². The molecule has 28 heavy (non-hydrogen) atoms. The lowest BCUT2D eigenvalue weighted by Crippen LogP contribution is -2.47. The fourth-order valence-electron chi connectivity index (χ4n) is 4.33. The molecular weight excluding hydrogens is 489 g/mol. The predicted molar refractivity (Wildman–Crippen MR) is 125 cm³/mol. The summed E-state index contributed by atoms with van der Waals surface area (Å²) in [5.41, 5.74) is 0.488. The number of guanidine groups is 1. The Labute approximate surface area is 188 Å². The van der Waals surface area contributed by atoms with Crippen LogP contribution in [0, 0.1) is 17.3 Å². The summed E-state index contributed by atoms with van der Waals surface area (Å²) < 4.78 is 28.8. The van der Waals surface area contributed by atoms with E-state index < -0.39 is 9.84 Å². The average Bonchev–Trinajstić information content (AvgIpc) is 2.98. The summed E-state index contributed by atoms with van der Waals surface area (Å²) >= 11 is 0. The molecule has 1 atom stereocenters. The van der Waals surface area contributed by atoms with Gasteiger partial charge in [-0.1, -0.05) is 13.8 Å². The Balaban J connectivity index is 0.00000280. The number of rotatable bonds is 5. The van der Waals surface area contributed by atoms with E-state index >= 15 is 0 Å². The van der Waals surface area contributed by atoms with E-state index in [0.29, 0.717) is 35.4 Å². The standard InChI is InChI=1S/C20H37N3O3S.HI/c1-20(2)8-3-16(4-9-20)13-21-19(23-18-5-10-26-11-6-18)22-14-17-7-12-27(24,25)15-17;/h16-18H,3-15H2,1-2H3,(H2,21,22,23);1H. The van der Waals surface area contributed by atoms with E-state index in [1.54, 1.807) is 0 Å². The van der Waals surface area contributed by atoms with Gasteiger partial charge in [-0.05, 0) is 62.2 Å². The van der Waals surface area contributed by atoms with Crippen LogP contribution in [0.5, 0.6) is 0 Å². The van der Waals surface area contributed by atoms with E-state index in [2.05, 4.69) is 24.5 Å². The molecule has 1 aliphatic carbocycles. The number of nitrogens with zero attached hydrogens (tertiary/aromatic N) is 1. The van der Waals surface area contributed by atoms with Gasteiger partial charge in [0.25, 0.3) is 0 Å². The van der Waals surface area contributed by atoms with Crippen LogP contribution in [0.2, 0.25) is 0 Å². The third-order valence-electron chi connectivity index (χ3n) is 6.41. The van der Waals surface area contributed by atoms with E-state index in [0.717, 1.165) is 45.0 Å². The van der Waals surface area contributed by atoms with Crippen molar-refractivity contribution in [3.63, 3.8) is 0 Å². The second kappa shape index (κ2) is 10.8. The highest BCUT2D eigenvalue weighted by atomic mass is 127. The third-order valence-corrected chi connectivity index (χ3v) is 8.25. The summed E-state index contributed by atoms with van der Waals surface area (Å²) in [7, 11) is -2.84. The third kappa shape index (κ3) is 7.97. The van der Waals surface area contributed by atoms with Crippen molar-refractivity contribution in [1.29, 1.82) is 0 Å². The minimum Gasteiger partial charge on any atom is -0.381 e. The smallest absolute Gasteiger partial charge is 0.191 e. The molecule has 2 saturated heterocycles. The minimum atomic E-state index is -2.84. The molecule has 6 nitrogen and oxygen atoms in total. The van der Waals surface area contributed by atoms with Gasteiger partial charge in [0.1, 0.15) is 0 Å². The number of sulfone groups is 1. The van der Waals surface area contributed by atoms with Gasteiger partial charge in [0, 0.05) is 32.3 Å². The molecule has 2 N–H and O–H groups in total. The van der Waals surface area contributed by atoms with Gasteiger partial charge in [0.05, 0.1) is 11.5 Å². The molecule has 0 bridgehead atoms. The van der Waals surface area contributed by atoms with E-state index in [1.807, 2.05) is 0 Å². The average molecular weight is 528 g/mol. The molecule has 3 aliphatic rings. The first kappa shape index (κ1) is 24.2. The molecule has 1 saturated carbocycles. The van der Waals surface area contributed by atoms with Crippen molar-refractivity contribution in [2.24, 2.45) is 22.2 Å². The van der Waals surface area contributed by atoms with Crippen LogP contribution in [0.4, 0.5) is 0 Å². The van der Waals surface area contributed by atoms with Crippen molar-refractivity contribution in [3.05, 3.63) is 0 Å². The van der Waals surface area contributed by atoms with E-state index in [4.69, 9.17) is 9.73 Å². The zero-order valence-electron chi connectivity index (χ0n) is 17.4. The molecular formula is C20H38IN3O3S. The molecule has 0 radical (unpaired) electrons. The highest BCUT2D eigenvalue weighted by molar-refractivity contribution is 14.0. The summed E-state index contributed by atoms with van der Waals surface area (Å²) in [4.78, 5) is 4.77. The maximum atomic E-state index is 11.7. The Bertz CT molecular complexity index is 608. The normalized spacial score (nSPS) is 28.5. The second-order valence-corrected chi connectivity index (χ2v) is 11.7. The first-order valence-electron chi connectivity index (χ1n) is 10.6. The van der Waals surface area contributed by atoms with Gasteiger partial charge in [-0.25, -0.2) is 8.42 Å². The van der Waals surface area contributed by atoms with Crippen LogP contribution in [0.3, 0.4) is 0 Å². The Morgan fingerprint density at radius 2 is 1.75 bits per heavy atom. The monoisotopic (exact) mass is 527 g/mol. The highest BCUT2D eigenvalue weighted by Crippen LogP contribution is 2.37. The zero-order valence-corrected chi connectivity index (χ0v) is 20.6. The van der Waals surface area contributed by atoms with Gasteiger partial charge < -0.3 is 15.4 Å². The Hall–Kier alpha value is -0.0900. The fraction of sp³-hybridized carbons (Fsp3) is 0.950. The molecule has 0 aromatic rings. The van der Waals surface area contributed by atoms with Crippen molar-refractivity contribution in [2.75, 3.05) is 37.8 Å². The molecule has 0 aromatic heterocycles. The number of hydrogen-bond acceptors (Lipinski definition) is 4. The Kier molecular flexibility index (Phi) is 9.32. The second-order valence-electron chi connectivity index (χ2n) is 9.48. The molecule has 0 amide bonds. The van der Waals surface area contributed by atoms with Crippen LogP contribution >= 0.6 is 24.0 Å². The molecule has 164 valence electrons. The summed E-state index contributed by atoms with van der Waals surface area (Å²) in [6, 6.07) is 0.391. The number of hydrogen-bond donors (Lipinski definition) is 2. The summed E-state index contributed by atoms with van der Waals surface area (Å²) in [6.07, 6.45) is 7.86. The van der Waals surface area contributed by atoms with Gasteiger partial charge >= 0.3 is 0 Å². The SMILES string of the molecule is CC1(C)CCC(CNC(=NCC2CCS(=O)(=O)C2)NC2CCOCC2)CC1.I. The topological polar surface area (TPSA) is 79.8 Å². The van der Waals surface area contributed by atoms with Gasteiger partial charge in [0.15, 0.2) is 15.8 Å². The molecule has 8 heteroatoms. The van der Waals surface area contributed by atoms with Crippen LogP contribution in [0.25, 0.3) is 0 Å². The van der Waals surface area contributed by atoms with Gasteiger partial charge in [0.2, 0.25) is 0 Å². The van der Waals surface area contributed by atoms with Crippen molar-refractivity contribution in [1.82, 2.24) is 10.6 Å². The van der Waals surface area contributed by atoms with Crippen molar-refractivity contribution in [2.45, 2.75) is 64.8 Å². The zero-order chi connectivity index (χ0) is 19.3. The molecule has 0 aromatic carbocycles. The van der Waals surface area contributed by atoms with Crippen LogP contribution in [-0.4, -0.2) is 58.2 Å². The van der Waals surface area contributed by atoms with Gasteiger partial charge in [-0.2, -0.15) is 0 Å². The quantitative estimate of drug-likeness (QED) is 0.327.